The quantitative estimate of drug-likeness (QED) is 0.682. The first-order valence-electron chi connectivity index (χ1n) is 9.16. The molecule has 3 rings (SSSR count). The highest BCUT2D eigenvalue weighted by Gasteiger charge is 2.32. The van der Waals surface area contributed by atoms with Crippen molar-refractivity contribution in [2.24, 2.45) is 5.41 Å². The molecule has 26 heavy (non-hydrogen) atoms. The molecular weight excluding hydrogens is 322 g/mol. The van der Waals surface area contributed by atoms with Crippen molar-refractivity contribution in [2.45, 2.75) is 60.3 Å². The number of phenolic OH excluding ortho intramolecular Hbond substituents is 1. The summed E-state index contributed by atoms with van der Waals surface area (Å²) < 4.78 is 0. The lowest BCUT2D eigenvalue weighted by molar-refractivity contribution is 0.278. The fraction of sp³-hybridized carbons (Fsp3) is 0.455. The predicted molar refractivity (Wildman–Crippen MR) is 107 cm³/mol. The van der Waals surface area contributed by atoms with Crippen molar-refractivity contribution < 1.29 is 5.11 Å². The molecule has 0 radical (unpaired) electrons. The molecule has 3 aromatic rings. The molecule has 1 N–H and O–H groups in total. The van der Waals surface area contributed by atoms with Crippen molar-refractivity contribution in [3.05, 3.63) is 47.0 Å². The van der Waals surface area contributed by atoms with Crippen molar-refractivity contribution in [1.29, 1.82) is 0 Å². The van der Waals surface area contributed by atoms with Gasteiger partial charge in [-0.25, -0.2) is 0 Å². The SMILES string of the molecule is Cc1cc(C(C)(C)CC(C)(C)C)c(O)c(-n2nc3ccccc3n2)c1C. The van der Waals surface area contributed by atoms with Crippen LogP contribution in [0.3, 0.4) is 0 Å². The molecule has 0 bridgehead atoms. The van der Waals surface area contributed by atoms with E-state index in [0.29, 0.717) is 5.69 Å². The van der Waals surface area contributed by atoms with Gasteiger partial charge in [-0.3, -0.25) is 0 Å². The molecular formula is C22H29N3O. The van der Waals surface area contributed by atoms with Crippen LogP contribution < -0.4 is 0 Å². The van der Waals surface area contributed by atoms with E-state index in [0.717, 1.165) is 34.1 Å². The van der Waals surface area contributed by atoms with E-state index in [-0.39, 0.29) is 16.6 Å². The van der Waals surface area contributed by atoms with Crippen molar-refractivity contribution >= 4 is 11.0 Å². The molecule has 0 amide bonds. The maximum atomic E-state index is 11.2. The van der Waals surface area contributed by atoms with Gasteiger partial charge in [-0.2, -0.15) is 0 Å². The van der Waals surface area contributed by atoms with E-state index in [4.69, 9.17) is 0 Å². The number of hydrogen-bond acceptors (Lipinski definition) is 3. The Kier molecular flexibility index (Phi) is 4.33. The average Bonchev–Trinajstić information content (AvgIpc) is 2.92. The van der Waals surface area contributed by atoms with Gasteiger partial charge in [0, 0.05) is 5.56 Å². The number of phenols is 1. The van der Waals surface area contributed by atoms with Crippen LogP contribution in [0.4, 0.5) is 0 Å². The zero-order valence-electron chi connectivity index (χ0n) is 16.9. The van der Waals surface area contributed by atoms with Crippen LogP contribution in [0.1, 0.15) is 57.7 Å². The van der Waals surface area contributed by atoms with Crippen LogP contribution in [0.2, 0.25) is 0 Å². The maximum absolute atomic E-state index is 11.2. The largest absolute Gasteiger partial charge is 0.505 e. The molecule has 0 spiro atoms. The Morgan fingerprint density at radius 2 is 1.50 bits per heavy atom. The first kappa shape index (κ1) is 18.4. The van der Waals surface area contributed by atoms with Gasteiger partial charge in [0.1, 0.15) is 22.5 Å². The zero-order chi connectivity index (χ0) is 19.3. The highest BCUT2D eigenvalue weighted by Crippen LogP contribution is 2.43. The van der Waals surface area contributed by atoms with Crippen LogP contribution in [0, 0.1) is 19.3 Å². The molecule has 0 saturated heterocycles. The minimum absolute atomic E-state index is 0.160. The predicted octanol–water partition coefficient (Wildman–Crippen LogP) is 5.46. The average molecular weight is 351 g/mol. The third kappa shape index (κ3) is 3.33. The van der Waals surface area contributed by atoms with E-state index in [9.17, 15) is 5.11 Å². The summed E-state index contributed by atoms with van der Waals surface area (Å²) in [5.74, 6) is 0.280. The second-order valence-electron chi connectivity index (χ2n) is 9.16. The third-order valence-corrected chi connectivity index (χ3v) is 4.98. The number of nitrogens with zero attached hydrogens (tertiary/aromatic N) is 3. The minimum atomic E-state index is -0.165. The number of aryl methyl sites for hydroxylation is 1. The Labute approximate surface area is 155 Å². The summed E-state index contributed by atoms with van der Waals surface area (Å²) in [4.78, 5) is 1.58. The summed E-state index contributed by atoms with van der Waals surface area (Å²) in [7, 11) is 0. The van der Waals surface area contributed by atoms with Gasteiger partial charge in [0.05, 0.1) is 0 Å². The maximum Gasteiger partial charge on any atom is 0.147 e. The third-order valence-electron chi connectivity index (χ3n) is 4.98. The Morgan fingerprint density at radius 1 is 0.962 bits per heavy atom. The number of rotatable bonds is 3. The van der Waals surface area contributed by atoms with Crippen LogP contribution in [0.5, 0.6) is 5.75 Å². The summed E-state index contributed by atoms with van der Waals surface area (Å²) in [6, 6.07) is 9.88. The molecule has 1 aromatic heterocycles. The van der Waals surface area contributed by atoms with E-state index in [2.05, 4.69) is 57.8 Å². The van der Waals surface area contributed by atoms with Gasteiger partial charge >= 0.3 is 0 Å². The first-order chi connectivity index (χ1) is 12.0. The van der Waals surface area contributed by atoms with Crippen LogP contribution in [0.15, 0.2) is 30.3 Å². The van der Waals surface area contributed by atoms with Crippen LogP contribution in [-0.4, -0.2) is 20.1 Å². The highest BCUT2D eigenvalue weighted by molar-refractivity contribution is 5.74. The van der Waals surface area contributed by atoms with Crippen molar-refractivity contribution in [2.75, 3.05) is 0 Å². The van der Waals surface area contributed by atoms with Crippen LogP contribution >= 0.6 is 0 Å². The zero-order valence-corrected chi connectivity index (χ0v) is 16.9. The number of fused-ring (bicyclic) bond motifs is 1. The Balaban J connectivity index is 2.22. The molecule has 0 aliphatic rings. The number of aromatic nitrogens is 3. The van der Waals surface area contributed by atoms with Crippen LogP contribution in [0.25, 0.3) is 16.7 Å². The van der Waals surface area contributed by atoms with Crippen molar-refractivity contribution in [3.8, 4) is 11.4 Å². The molecule has 0 atom stereocenters. The monoisotopic (exact) mass is 351 g/mol. The van der Waals surface area contributed by atoms with Gasteiger partial charge in [-0.05, 0) is 54.4 Å². The van der Waals surface area contributed by atoms with E-state index < -0.39 is 0 Å². The van der Waals surface area contributed by atoms with Crippen LogP contribution in [-0.2, 0) is 5.41 Å². The molecule has 1 heterocycles. The molecule has 2 aromatic carbocycles. The summed E-state index contributed by atoms with van der Waals surface area (Å²) in [6.45, 7) is 15.2. The van der Waals surface area contributed by atoms with Gasteiger partial charge in [-0.15, -0.1) is 15.0 Å². The van der Waals surface area contributed by atoms with E-state index in [1.807, 2.05) is 31.2 Å². The van der Waals surface area contributed by atoms with E-state index in [1.54, 1.807) is 4.80 Å². The normalized spacial score (nSPS) is 12.7. The highest BCUT2D eigenvalue weighted by atomic mass is 16.3. The Morgan fingerprint density at radius 3 is 2.00 bits per heavy atom. The molecule has 0 unspecified atom stereocenters. The minimum Gasteiger partial charge on any atom is -0.505 e. The summed E-state index contributed by atoms with van der Waals surface area (Å²) in [6.07, 6.45) is 0.962. The number of aromatic hydroxyl groups is 1. The Bertz CT molecular complexity index is 928. The Hall–Kier alpha value is -2.36. The molecule has 138 valence electrons. The van der Waals surface area contributed by atoms with Gasteiger partial charge in [0.25, 0.3) is 0 Å². The van der Waals surface area contributed by atoms with Gasteiger partial charge in [0.15, 0.2) is 0 Å². The summed E-state index contributed by atoms with van der Waals surface area (Å²) in [5.41, 5.74) is 5.40. The first-order valence-corrected chi connectivity index (χ1v) is 9.16. The topological polar surface area (TPSA) is 50.9 Å². The lowest BCUT2D eigenvalue weighted by Gasteiger charge is -2.34. The second kappa shape index (κ2) is 6.11. The summed E-state index contributed by atoms with van der Waals surface area (Å²) >= 11 is 0. The fourth-order valence-electron chi connectivity index (χ4n) is 4.03. The molecule has 0 aliphatic carbocycles. The van der Waals surface area contributed by atoms with E-state index >= 15 is 0 Å². The molecule has 0 fully saturated rings. The number of hydrogen-bond donors (Lipinski definition) is 1. The lowest BCUT2D eigenvalue weighted by Crippen LogP contribution is -2.25. The number of benzene rings is 2. The van der Waals surface area contributed by atoms with Gasteiger partial charge < -0.3 is 5.11 Å². The van der Waals surface area contributed by atoms with Gasteiger partial charge in [0.2, 0.25) is 0 Å². The standard InChI is InChI=1S/C22H29N3O/c1-14-12-16(22(6,7)13-21(3,4)5)20(26)19(15(14)2)25-23-17-10-8-9-11-18(17)24-25/h8-12,26H,13H2,1-7H3. The van der Waals surface area contributed by atoms with E-state index in [1.165, 1.54) is 0 Å². The fourth-order valence-corrected chi connectivity index (χ4v) is 4.03. The van der Waals surface area contributed by atoms with Crippen molar-refractivity contribution in [1.82, 2.24) is 15.0 Å². The lowest BCUT2D eigenvalue weighted by atomic mass is 9.71. The van der Waals surface area contributed by atoms with Crippen molar-refractivity contribution in [3.63, 3.8) is 0 Å². The summed E-state index contributed by atoms with van der Waals surface area (Å²) in [5, 5.41) is 20.4. The molecule has 4 nitrogen and oxygen atoms in total. The molecule has 0 aliphatic heterocycles. The smallest absolute Gasteiger partial charge is 0.147 e. The molecule has 4 heteroatoms. The van der Waals surface area contributed by atoms with Gasteiger partial charge in [-0.1, -0.05) is 52.8 Å². The second-order valence-corrected chi connectivity index (χ2v) is 9.16. The molecule has 0 saturated carbocycles.